The van der Waals surface area contributed by atoms with Gasteiger partial charge in [0.05, 0.1) is 42.3 Å². The van der Waals surface area contributed by atoms with Crippen LogP contribution in [0.2, 0.25) is 10.0 Å². The third-order valence-corrected chi connectivity index (χ3v) is 5.29. The van der Waals surface area contributed by atoms with Gasteiger partial charge in [-0.05, 0) is 24.6 Å². The number of ether oxygens (including phenoxy) is 3. The van der Waals surface area contributed by atoms with Gasteiger partial charge in [-0.3, -0.25) is 0 Å². The van der Waals surface area contributed by atoms with E-state index in [1.54, 1.807) is 19.1 Å². The van der Waals surface area contributed by atoms with Crippen molar-refractivity contribution >= 4 is 40.9 Å². The Labute approximate surface area is 189 Å². The zero-order valence-corrected chi connectivity index (χ0v) is 18.6. The lowest BCUT2D eigenvalue weighted by atomic mass is 10.1. The number of nitrogens with one attached hydrogen (secondary N) is 1. The van der Waals surface area contributed by atoms with Crippen LogP contribution in [0.3, 0.4) is 0 Å². The summed E-state index contributed by atoms with van der Waals surface area (Å²) in [6.45, 7) is 5.55. The third kappa shape index (κ3) is 5.00. The van der Waals surface area contributed by atoms with Crippen molar-refractivity contribution < 1.29 is 18.6 Å². The summed E-state index contributed by atoms with van der Waals surface area (Å²) in [4.78, 5) is 8.49. The highest BCUT2D eigenvalue weighted by Gasteiger charge is 2.18. The van der Waals surface area contributed by atoms with E-state index in [0.29, 0.717) is 55.6 Å². The van der Waals surface area contributed by atoms with Gasteiger partial charge in [-0.15, -0.1) is 0 Å². The van der Waals surface area contributed by atoms with Gasteiger partial charge in [0, 0.05) is 17.2 Å². The minimum absolute atomic E-state index is 0.0546. The van der Waals surface area contributed by atoms with Gasteiger partial charge in [-0.25, -0.2) is 14.4 Å². The van der Waals surface area contributed by atoms with E-state index in [4.69, 9.17) is 37.4 Å². The molecule has 0 atom stereocenters. The van der Waals surface area contributed by atoms with Crippen molar-refractivity contribution in [2.45, 2.75) is 13.5 Å². The Morgan fingerprint density at radius 1 is 1.06 bits per heavy atom. The van der Waals surface area contributed by atoms with E-state index in [2.05, 4.69) is 21.9 Å². The summed E-state index contributed by atoms with van der Waals surface area (Å²) in [7, 11) is 3.00. The van der Waals surface area contributed by atoms with E-state index < -0.39 is 0 Å². The summed E-state index contributed by atoms with van der Waals surface area (Å²) < 4.78 is 29.9. The number of halogens is 3. The molecule has 9 heteroatoms. The first-order valence-corrected chi connectivity index (χ1v) is 9.86. The van der Waals surface area contributed by atoms with Crippen LogP contribution in [0.1, 0.15) is 16.7 Å². The Morgan fingerprint density at radius 3 is 2.23 bits per heavy atom. The van der Waals surface area contributed by atoms with Crippen molar-refractivity contribution in [3.63, 3.8) is 0 Å². The molecule has 0 aliphatic heterocycles. The molecule has 0 radical (unpaired) electrons. The molecule has 31 heavy (non-hydrogen) atoms. The molecule has 2 aromatic carbocycles. The van der Waals surface area contributed by atoms with Crippen molar-refractivity contribution in [2.24, 2.45) is 0 Å². The van der Waals surface area contributed by atoms with Crippen molar-refractivity contribution in [3.8, 4) is 17.2 Å². The number of aryl methyl sites for hydroxylation is 1. The van der Waals surface area contributed by atoms with Crippen LogP contribution in [0.5, 0.6) is 17.2 Å². The lowest BCUT2D eigenvalue weighted by Crippen LogP contribution is -2.03. The second kappa shape index (κ2) is 9.85. The lowest BCUT2D eigenvalue weighted by Gasteiger charge is -2.15. The molecule has 3 aromatic rings. The van der Waals surface area contributed by atoms with Crippen LogP contribution in [0, 0.1) is 12.7 Å². The molecule has 0 bridgehead atoms. The highest BCUT2D eigenvalue weighted by atomic mass is 35.5. The van der Waals surface area contributed by atoms with Crippen LogP contribution in [-0.2, 0) is 6.61 Å². The molecule has 0 saturated heterocycles. The number of aromatic nitrogens is 2. The van der Waals surface area contributed by atoms with Gasteiger partial charge in [0.25, 0.3) is 0 Å². The minimum Gasteiger partial charge on any atom is -0.495 e. The molecule has 3 rings (SSSR count). The van der Waals surface area contributed by atoms with Crippen molar-refractivity contribution in [1.82, 2.24) is 9.97 Å². The van der Waals surface area contributed by atoms with Gasteiger partial charge in [0.15, 0.2) is 5.75 Å². The summed E-state index contributed by atoms with van der Waals surface area (Å²) in [6, 6.07) is 4.41. The molecule has 1 heterocycles. The minimum atomic E-state index is -0.339. The van der Waals surface area contributed by atoms with E-state index in [9.17, 15) is 4.39 Å². The fourth-order valence-corrected chi connectivity index (χ4v) is 3.50. The van der Waals surface area contributed by atoms with E-state index in [1.807, 2.05) is 0 Å². The number of nitrogens with zero attached hydrogens (tertiary/aromatic N) is 2. The second-order valence-electron chi connectivity index (χ2n) is 6.43. The first-order chi connectivity index (χ1) is 14.9. The highest BCUT2D eigenvalue weighted by molar-refractivity contribution is 6.37. The number of hydrogen-bond acceptors (Lipinski definition) is 6. The van der Waals surface area contributed by atoms with Gasteiger partial charge in [-0.1, -0.05) is 35.9 Å². The van der Waals surface area contributed by atoms with Crippen molar-refractivity contribution in [3.05, 3.63) is 69.7 Å². The molecular weight excluding hydrogens is 444 g/mol. The summed E-state index contributed by atoms with van der Waals surface area (Å²) >= 11 is 12.7. The summed E-state index contributed by atoms with van der Waals surface area (Å²) in [5.41, 5.74) is 2.50. The molecule has 0 aliphatic carbocycles. The monoisotopic (exact) mass is 463 g/mol. The Morgan fingerprint density at radius 2 is 1.68 bits per heavy atom. The second-order valence-corrected chi connectivity index (χ2v) is 7.19. The Hall–Kier alpha value is -3.03. The fraction of sp³-hybridized carbons (Fsp3) is 0.182. The molecule has 0 spiro atoms. The first-order valence-electron chi connectivity index (χ1n) is 9.11. The highest BCUT2D eigenvalue weighted by Crippen LogP contribution is 2.40. The quantitative estimate of drug-likeness (QED) is 0.428. The molecule has 0 saturated carbocycles. The van der Waals surface area contributed by atoms with E-state index in [0.717, 1.165) is 0 Å². The van der Waals surface area contributed by atoms with Crippen LogP contribution in [-0.4, -0.2) is 24.2 Å². The van der Waals surface area contributed by atoms with Crippen LogP contribution in [0.4, 0.5) is 16.0 Å². The van der Waals surface area contributed by atoms with E-state index in [-0.39, 0.29) is 12.4 Å². The number of hydrogen-bond donors (Lipinski definition) is 1. The maximum Gasteiger partial charge on any atom is 0.227 e. The van der Waals surface area contributed by atoms with Gasteiger partial charge < -0.3 is 19.5 Å². The zero-order chi connectivity index (χ0) is 22.5. The maximum atomic E-state index is 13.6. The number of anilines is 2. The Kier molecular flexibility index (Phi) is 7.20. The van der Waals surface area contributed by atoms with Gasteiger partial charge in [0.1, 0.15) is 23.9 Å². The normalized spacial score (nSPS) is 10.5. The topological polar surface area (TPSA) is 65.5 Å². The predicted molar refractivity (Wildman–Crippen MR) is 120 cm³/mol. The van der Waals surface area contributed by atoms with E-state index in [1.165, 1.54) is 38.7 Å². The fourth-order valence-electron chi connectivity index (χ4n) is 2.89. The summed E-state index contributed by atoms with van der Waals surface area (Å²) in [5.74, 6) is 1.23. The SMILES string of the molecule is C=Cc1cc(F)cc(C)c1Nc1ncc(OCc2c(Cl)c(OC)cc(OC)c2Cl)cn1. The predicted octanol–water partition coefficient (Wildman–Crippen LogP) is 6.21. The molecule has 0 fully saturated rings. The molecular formula is C22H20Cl2FN3O3. The zero-order valence-electron chi connectivity index (χ0n) is 17.1. The number of methoxy groups -OCH3 is 2. The van der Waals surface area contributed by atoms with Gasteiger partial charge in [-0.2, -0.15) is 0 Å². The number of rotatable bonds is 8. The standard InChI is InChI=1S/C22H20Cl2FN3O3/c1-5-13-7-14(25)6-12(2)21(13)28-22-26-9-15(10-27-22)31-11-16-19(23)17(29-3)8-18(30-4)20(16)24/h5-10H,1,11H2,2-4H3,(H,26,27,28). The summed E-state index contributed by atoms with van der Waals surface area (Å²) in [6.07, 6.45) is 4.56. The van der Waals surface area contributed by atoms with Crippen LogP contribution < -0.4 is 19.5 Å². The molecule has 0 unspecified atom stereocenters. The molecule has 1 N–H and O–H groups in total. The van der Waals surface area contributed by atoms with Gasteiger partial charge in [0.2, 0.25) is 5.95 Å². The van der Waals surface area contributed by atoms with Crippen molar-refractivity contribution in [1.29, 1.82) is 0 Å². The maximum absolute atomic E-state index is 13.6. The summed E-state index contributed by atoms with van der Waals surface area (Å²) in [5, 5.41) is 3.74. The Bertz CT molecular complexity index is 1080. The average molecular weight is 464 g/mol. The largest absolute Gasteiger partial charge is 0.495 e. The molecule has 0 aliphatic rings. The lowest BCUT2D eigenvalue weighted by molar-refractivity contribution is 0.301. The van der Waals surface area contributed by atoms with E-state index >= 15 is 0 Å². The molecule has 6 nitrogen and oxygen atoms in total. The number of benzene rings is 2. The first kappa shape index (κ1) is 22.7. The van der Waals surface area contributed by atoms with Crippen LogP contribution >= 0.6 is 23.2 Å². The van der Waals surface area contributed by atoms with Gasteiger partial charge >= 0.3 is 0 Å². The van der Waals surface area contributed by atoms with Crippen LogP contribution in [0.25, 0.3) is 6.08 Å². The average Bonchev–Trinajstić information content (AvgIpc) is 2.76. The Balaban J connectivity index is 1.77. The smallest absolute Gasteiger partial charge is 0.227 e. The third-order valence-electron chi connectivity index (χ3n) is 4.46. The van der Waals surface area contributed by atoms with Crippen molar-refractivity contribution in [2.75, 3.05) is 19.5 Å². The molecule has 0 amide bonds. The molecule has 1 aromatic heterocycles. The van der Waals surface area contributed by atoms with Crippen LogP contribution in [0.15, 0.2) is 37.2 Å². The molecule has 162 valence electrons.